The first kappa shape index (κ1) is 20.0. The summed E-state index contributed by atoms with van der Waals surface area (Å²) in [6.45, 7) is 10.0. The number of para-hydroxylation sites is 1. The average molecular weight is 395 g/mol. The molecule has 6 heteroatoms. The van der Waals surface area contributed by atoms with E-state index >= 15 is 0 Å². The number of rotatable bonds is 5. The van der Waals surface area contributed by atoms with Crippen LogP contribution in [0.3, 0.4) is 0 Å². The number of benzene rings is 1. The van der Waals surface area contributed by atoms with E-state index in [-0.39, 0.29) is 11.9 Å². The summed E-state index contributed by atoms with van der Waals surface area (Å²) in [5, 5.41) is 5.66. The lowest BCUT2D eigenvalue weighted by Crippen LogP contribution is -2.27. The van der Waals surface area contributed by atoms with E-state index in [0.29, 0.717) is 0 Å². The van der Waals surface area contributed by atoms with Gasteiger partial charge in [0.2, 0.25) is 5.91 Å². The molecule has 2 aromatic heterocycles. The van der Waals surface area contributed by atoms with Gasteiger partial charge >= 0.3 is 0 Å². The molecule has 0 saturated carbocycles. The molecule has 3 aromatic rings. The fourth-order valence-corrected chi connectivity index (χ4v) is 4.31. The van der Waals surface area contributed by atoms with Crippen LogP contribution in [-0.4, -0.2) is 32.6 Å². The lowest BCUT2D eigenvalue weighted by atomic mass is 10.1. The van der Waals surface area contributed by atoms with Gasteiger partial charge in [0.1, 0.15) is 0 Å². The van der Waals surface area contributed by atoms with Crippen LogP contribution in [0.2, 0.25) is 0 Å². The molecular formula is C22H26N4OS. The van der Waals surface area contributed by atoms with E-state index in [9.17, 15) is 4.79 Å². The SMILES string of the molecule is Cc1nc(C)c(C(C)N(C)C(=O)C=Cc2c(C)nn(-c3ccccc3)c2C)s1. The van der Waals surface area contributed by atoms with Crippen molar-refractivity contribution in [2.45, 2.75) is 40.7 Å². The Morgan fingerprint density at radius 3 is 2.43 bits per heavy atom. The van der Waals surface area contributed by atoms with Crippen LogP contribution in [0.4, 0.5) is 0 Å². The molecule has 0 bridgehead atoms. The van der Waals surface area contributed by atoms with Gasteiger partial charge in [-0.3, -0.25) is 4.79 Å². The van der Waals surface area contributed by atoms with Crippen molar-refractivity contribution >= 4 is 23.3 Å². The number of aromatic nitrogens is 3. The van der Waals surface area contributed by atoms with Crippen LogP contribution in [0.5, 0.6) is 0 Å². The normalized spacial score (nSPS) is 12.5. The predicted molar refractivity (Wildman–Crippen MR) is 115 cm³/mol. The van der Waals surface area contributed by atoms with Gasteiger partial charge in [0.25, 0.3) is 0 Å². The summed E-state index contributed by atoms with van der Waals surface area (Å²) in [7, 11) is 1.83. The molecule has 5 nitrogen and oxygen atoms in total. The van der Waals surface area contributed by atoms with Crippen molar-refractivity contribution in [3.05, 3.63) is 68.9 Å². The second-order valence-electron chi connectivity index (χ2n) is 6.97. The van der Waals surface area contributed by atoms with Crippen LogP contribution in [0.1, 0.15) is 45.5 Å². The van der Waals surface area contributed by atoms with Crippen molar-refractivity contribution in [2.24, 2.45) is 0 Å². The topological polar surface area (TPSA) is 51.0 Å². The third kappa shape index (κ3) is 3.92. The molecule has 0 fully saturated rings. The third-order valence-corrected chi connectivity index (χ3v) is 6.23. The van der Waals surface area contributed by atoms with Gasteiger partial charge in [-0.2, -0.15) is 5.10 Å². The van der Waals surface area contributed by atoms with E-state index in [0.717, 1.165) is 38.2 Å². The summed E-state index contributed by atoms with van der Waals surface area (Å²) < 4.78 is 1.91. The highest BCUT2D eigenvalue weighted by atomic mass is 32.1. The first-order chi connectivity index (χ1) is 13.3. The van der Waals surface area contributed by atoms with Gasteiger partial charge in [-0.1, -0.05) is 18.2 Å². The number of hydrogen-bond donors (Lipinski definition) is 0. The Labute approximate surface area is 170 Å². The number of aryl methyl sites for hydroxylation is 3. The molecule has 3 rings (SSSR count). The van der Waals surface area contributed by atoms with Crippen LogP contribution in [-0.2, 0) is 4.79 Å². The van der Waals surface area contributed by atoms with Crippen LogP contribution in [0.15, 0.2) is 36.4 Å². The molecular weight excluding hydrogens is 368 g/mol. The largest absolute Gasteiger partial charge is 0.335 e. The van der Waals surface area contributed by atoms with Crippen LogP contribution in [0.25, 0.3) is 11.8 Å². The van der Waals surface area contributed by atoms with E-state index in [1.54, 1.807) is 22.3 Å². The minimum atomic E-state index is -0.0378. The highest BCUT2D eigenvalue weighted by molar-refractivity contribution is 7.11. The molecule has 146 valence electrons. The first-order valence-electron chi connectivity index (χ1n) is 9.30. The highest BCUT2D eigenvalue weighted by Crippen LogP contribution is 2.28. The summed E-state index contributed by atoms with van der Waals surface area (Å²) in [4.78, 5) is 20.1. The summed E-state index contributed by atoms with van der Waals surface area (Å²) in [5.41, 5.74) is 4.89. The van der Waals surface area contributed by atoms with E-state index in [4.69, 9.17) is 0 Å². The maximum Gasteiger partial charge on any atom is 0.246 e. The Morgan fingerprint density at radius 1 is 1.14 bits per heavy atom. The molecule has 0 spiro atoms. The van der Waals surface area contributed by atoms with Crippen molar-refractivity contribution in [3.63, 3.8) is 0 Å². The Balaban J connectivity index is 1.81. The molecule has 0 aliphatic carbocycles. The standard InChI is InChI=1S/C22H26N4OS/c1-14-20(16(3)26(24-14)19-10-8-7-9-11-19)12-13-21(27)25(6)17(4)22-15(2)23-18(5)28-22/h7-13,17H,1-6H3. The maximum atomic E-state index is 12.7. The minimum absolute atomic E-state index is 0.0161. The fourth-order valence-electron chi connectivity index (χ4n) is 3.29. The number of hydrogen-bond acceptors (Lipinski definition) is 4. The molecule has 1 unspecified atom stereocenters. The van der Waals surface area contributed by atoms with Crippen molar-refractivity contribution in [3.8, 4) is 5.69 Å². The van der Waals surface area contributed by atoms with Gasteiger partial charge in [0.15, 0.2) is 0 Å². The van der Waals surface area contributed by atoms with Gasteiger partial charge in [0.05, 0.1) is 28.1 Å². The molecule has 28 heavy (non-hydrogen) atoms. The Morgan fingerprint density at radius 2 is 1.82 bits per heavy atom. The van der Waals surface area contributed by atoms with Crippen LogP contribution >= 0.6 is 11.3 Å². The quantitative estimate of drug-likeness (QED) is 0.584. The zero-order valence-corrected chi connectivity index (χ0v) is 18.0. The highest BCUT2D eigenvalue weighted by Gasteiger charge is 2.20. The summed E-state index contributed by atoms with van der Waals surface area (Å²) in [6, 6.07) is 9.99. The average Bonchev–Trinajstić information content (AvgIpc) is 3.17. The Hall–Kier alpha value is -2.73. The van der Waals surface area contributed by atoms with E-state index in [1.807, 2.05) is 82.8 Å². The molecule has 2 heterocycles. The van der Waals surface area contributed by atoms with Crippen LogP contribution < -0.4 is 0 Å². The zero-order valence-electron chi connectivity index (χ0n) is 17.2. The maximum absolute atomic E-state index is 12.7. The second kappa shape index (κ2) is 8.10. The molecule has 0 aliphatic heterocycles. The Kier molecular flexibility index (Phi) is 5.79. The van der Waals surface area contributed by atoms with Gasteiger partial charge in [0, 0.05) is 29.3 Å². The zero-order chi connectivity index (χ0) is 20.4. The summed E-state index contributed by atoms with van der Waals surface area (Å²) in [6.07, 6.45) is 3.50. The second-order valence-corrected chi connectivity index (χ2v) is 8.21. The minimum Gasteiger partial charge on any atom is -0.335 e. The van der Waals surface area contributed by atoms with Gasteiger partial charge in [-0.15, -0.1) is 11.3 Å². The molecule has 1 amide bonds. The molecule has 0 aliphatic rings. The third-order valence-electron chi connectivity index (χ3n) is 4.99. The molecule has 0 N–H and O–H groups in total. The summed E-state index contributed by atoms with van der Waals surface area (Å²) in [5.74, 6) is -0.0378. The fraction of sp³-hybridized carbons (Fsp3) is 0.318. The smallest absolute Gasteiger partial charge is 0.246 e. The molecule has 0 saturated heterocycles. The Bertz CT molecular complexity index is 1020. The van der Waals surface area contributed by atoms with Crippen molar-refractivity contribution < 1.29 is 4.79 Å². The van der Waals surface area contributed by atoms with Crippen molar-refractivity contribution in [1.82, 2.24) is 19.7 Å². The number of carbonyl (C=O) groups excluding carboxylic acids is 1. The number of likely N-dealkylation sites (N-methyl/N-ethyl adjacent to an activating group) is 1. The lowest BCUT2D eigenvalue weighted by molar-refractivity contribution is -0.126. The molecule has 1 aromatic carbocycles. The van der Waals surface area contributed by atoms with Crippen molar-refractivity contribution in [1.29, 1.82) is 0 Å². The number of thiazole rings is 1. The van der Waals surface area contributed by atoms with Gasteiger partial charge in [-0.05, 0) is 52.8 Å². The lowest BCUT2D eigenvalue weighted by Gasteiger charge is -2.23. The number of nitrogens with zero attached hydrogens (tertiary/aromatic N) is 4. The monoisotopic (exact) mass is 394 g/mol. The van der Waals surface area contributed by atoms with Gasteiger partial charge < -0.3 is 4.90 Å². The molecule has 1 atom stereocenters. The van der Waals surface area contributed by atoms with Crippen molar-refractivity contribution in [2.75, 3.05) is 7.05 Å². The first-order valence-corrected chi connectivity index (χ1v) is 10.1. The van der Waals surface area contributed by atoms with E-state index in [2.05, 4.69) is 10.1 Å². The number of carbonyl (C=O) groups is 1. The van der Waals surface area contributed by atoms with E-state index in [1.165, 1.54) is 0 Å². The molecule has 0 radical (unpaired) electrons. The number of amides is 1. The van der Waals surface area contributed by atoms with Gasteiger partial charge in [-0.25, -0.2) is 9.67 Å². The summed E-state index contributed by atoms with van der Waals surface area (Å²) >= 11 is 1.65. The van der Waals surface area contributed by atoms with Crippen LogP contribution in [0, 0.1) is 27.7 Å². The predicted octanol–water partition coefficient (Wildman–Crippen LogP) is 4.80. The van der Waals surface area contributed by atoms with E-state index < -0.39 is 0 Å².